The van der Waals surface area contributed by atoms with E-state index in [1.54, 1.807) is 13.8 Å². The van der Waals surface area contributed by atoms with E-state index in [-0.39, 0.29) is 101 Å². The number of esters is 4. The average molecular weight is 733 g/mol. The summed E-state index contributed by atoms with van der Waals surface area (Å²) in [6.45, 7) is 4.46. The molecule has 6 N–H and O–H groups in total. The molecular weight excluding hydrogens is 668 g/mol. The lowest BCUT2D eigenvalue weighted by Gasteiger charge is -2.13. The highest BCUT2D eigenvalue weighted by Gasteiger charge is 2.16. The fraction of sp³-hybridized carbons (Fsp3) is 0.833. The molecule has 0 aromatic carbocycles. The maximum atomic E-state index is 11.8. The summed E-state index contributed by atoms with van der Waals surface area (Å²) < 4.78 is 25.9. The molecular formula is C36H64N2O13. The summed E-state index contributed by atoms with van der Waals surface area (Å²) in [5.41, 5.74) is 10.4. The quantitative estimate of drug-likeness (QED) is 0.0423. The fourth-order valence-electron chi connectivity index (χ4n) is 4.87. The Morgan fingerprint density at radius 2 is 0.765 bits per heavy atom. The number of hydrogen-bond acceptors (Lipinski definition) is 13. The maximum Gasteiger partial charge on any atom is 0.305 e. The molecule has 0 fully saturated rings. The Hall–Kier alpha value is -3.30. The van der Waals surface area contributed by atoms with Crippen LogP contribution < -0.4 is 11.5 Å². The zero-order valence-corrected chi connectivity index (χ0v) is 30.8. The zero-order valence-electron chi connectivity index (χ0n) is 30.8. The number of aliphatic hydroxyl groups excluding tert-OH is 2. The lowest BCUT2D eigenvalue weighted by atomic mass is 9.99. The third kappa shape index (κ3) is 31.2. The monoisotopic (exact) mass is 732 g/mol. The first kappa shape index (κ1) is 47.7. The standard InChI is InChI=1S/C36H64N2O13/c1-27(35(37)45)25-29(39)13-7-9-17-31(41)48-19-11-3-5-15-33(43)50-23-21-47-22-24-51-34(44)16-6-4-12-20-49-32(42)18-10-8-14-30(40)26-28(2)36(38)46/h27-30,39-40H,3-26H2,1-2H3,(H2,37,45)(H2,38,46). The molecule has 4 unspecified atom stereocenters. The molecule has 15 heteroatoms. The minimum absolute atomic E-state index is 0.0943. The van der Waals surface area contributed by atoms with Gasteiger partial charge in [0.15, 0.2) is 0 Å². The van der Waals surface area contributed by atoms with Gasteiger partial charge in [-0.2, -0.15) is 0 Å². The number of ether oxygens (including phenoxy) is 5. The van der Waals surface area contributed by atoms with Gasteiger partial charge in [-0.15, -0.1) is 0 Å². The second-order valence-electron chi connectivity index (χ2n) is 13.0. The SMILES string of the molecule is CC(CC(O)CCCCC(=O)OCCCCCC(=O)OCCOCCOC(=O)CCCCCOC(=O)CCCCC(O)CC(C)C(N)=O)C(N)=O. The summed E-state index contributed by atoms with van der Waals surface area (Å²) in [7, 11) is 0. The summed E-state index contributed by atoms with van der Waals surface area (Å²) in [5.74, 6) is -2.93. The first-order valence-electron chi connectivity index (χ1n) is 18.5. The van der Waals surface area contributed by atoms with E-state index in [0.717, 1.165) is 0 Å². The molecule has 0 heterocycles. The van der Waals surface area contributed by atoms with Crippen molar-refractivity contribution in [3.63, 3.8) is 0 Å². The van der Waals surface area contributed by atoms with E-state index >= 15 is 0 Å². The molecule has 0 aliphatic heterocycles. The largest absolute Gasteiger partial charge is 0.466 e. The van der Waals surface area contributed by atoms with Crippen molar-refractivity contribution in [2.24, 2.45) is 23.3 Å². The van der Waals surface area contributed by atoms with E-state index in [4.69, 9.17) is 35.2 Å². The van der Waals surface area contributed by atoms with Crippen LogP contribution in [0.1, 0.15) is 129 Å². The van der Waals surface area contributed by atoms with Gasteiger partial charge in [-0.05, 0) is 77.0 Å². The molecule has 0 saturated carbocycles. The predicted octanol–water partition coefficient (Wildman–Crippen LogP) is 3.16. The molecule has 51 heavy (non-hydrogen) atoms. The number of aliphatic hydroxyl groups is 2. The minimum Gasteiger partial charge on any atom is -0.466 e. The summed E-state index contributed by atoms with van der Waals surface area (Å²) >= 11 is 0. The van der Waals surface area contributed by atoms with Gasteiger partial charge >= 0.3 is 23.9 Å². The number of carbonyl (C=O) groups excluding carboxylic acids is 6. The fourth-order valence-corrected chi connectivity index (χ4v) is 4.87. The highest BCUT2D eigenvalue weighted by Crippen LogP contribution is 2.14. The van der Waals surface area contributed by atoms with Crippen molar-refractivity contribution >= 4 is 35.7 Å². The molecule has 0 spiro atoms. The van der Waals surface area contributed by atoms with Gasteiger partial charge in [0.2, 0.25) is 11.8 Å². The Morgan fingerprint density at radius 3 is 1.10 bits per heavy atom. The Labute approximate surface area is 302 Å². The van der Waals surface area contributed by atoms with Crippen LogP contribution >= 0.6 is 0 Å². The van der Waals surface area contributed by atoms with Crippen LogP contribution in [-0.4, -0.2) is 97.8 Å². The van der Waals surface area contributed by atoms with Crippen molar-refractivity contribution < 1.29 is 62.7 Å². The molecule has 296 valence electrons. The number of nitrogens with two attached hydrogens (primary N) is 2. The normalized spacial score (nSPS) is 13.4. The third-order valence-electron chi connectivity index (χ3n) is 8.12. The van der Waals surface area contributed by atoms with E-state index in [1.165, 1.54) is 0 Å². The molecule has 0 rings (SSSR count). The van der Waals surface area contributed by atoms with Crippen molar-refractivity contribution in [3.05, 3.63) is 0 Å². The Morgan fingerprint density at radius 1 is 0.451 bits per heavy atom. The second kappa shape index (κ2) is 31.4. The Bertz CT molecular complexity index is 918. The van der Waals surface area contributed by atoms with Crippen molar-refractivity contribution in [2.75, 3.05) is 39.6 Å². The van der Waals surface area contributed by atoms with Crippen LogP contribution in [-0.2, 0) is 52.5 Å². The summed E-state index contributed by atoms with van der Waals surface area (Å²) in [4.78, 5) is 69.4. The van der Waals surface area contributed by atoms with E-state index in [0.29, 0.717) is 89.9 Å². The van der Waals surface area contributed by atoms with Gasteiger partial charge in [-0.25, -0.2) is 0 Å². The minimum atomic E-state index is -0.619. The highest BCUT2D eigenvalue weighted by molar-refractivity contribution is 5.76. The topological polar surface area (TPSA) is 241 Å². The molecule has 4 atom stereocenters. The third-order valence-corrected chi connectivity index (χ3v) is 8.12. The smallest absolute Gasteiger partial charge is 0.305 e. The average Bonchev–Trinajstić information content (AvgIpc) is 3.07. The number of unbranched alkanes of at least 4 members (excludes halogenated alkanes) is 6. The first-order chi connectivity index (χ1) is 24.3. The van der Waals surface area contributed by atoms with Crippen LogP contribution in [0.25, 0.3) is 0 Å². The van der Waals surface area contributed by atoms with Crippen LogP contribution in [0, 0.1) is 11.8 Å². The van der Waals surface area contributed by atoms with E-state index in [1.807, 2.05) is 0 Å². The molecule has 0 aromatic rings. The van der Waals surface area contributed by atoms with Crippen molar-refractivity contribution in [3.8, 4) is 0 Å². The summed E-state index contributed by atoms with van der Waals surface area (Å²) in [6.07, 6.45) is 7.77. The summed E-state index contributed by atoms with van der Waals surface area (Å²) in [6, 6.07) is 0. The molecule has 2 amide bonds. The molecule has 0 aromatic heterocycles. The number of hydrogen-bond donors (Lipinski definition) is 4. The van der Waals surface area contributed by atoms with Crippen LogP contribution in [0.3, 0.4) is 0 Å². The van der Waals surface area contributed by atoms with Crippen LogP contribution in [0.5, 0.6) is 0 Å². The highest BCUT2D eigenvalue weighted by atomic mass is 16.6. The predicted molar refractivity (Wildman–Crippen MR) is 186 cm³/mol. The summed E-state index contributed by atoms with van der Waals surface area (Å²) in [5, 5.41) is 19.8. The number of carbonyl (C=O) groups is 6. The van der Waals surface area contributed by atoms with Gasteiger partial charge in [-0.1, -0.05) is 26.7 Å². The van der Waals surface area contributed by atoms with E-state index in [2.05, 4.69) is 0 Å². The van der Waals surface area contributed by atoms with E-state index < -0.39 is 24.0 Å². The molecule has 15 nitrogen and oxygen atoms in total. The lowest BCUT2D eigenvalue weighted by molar-refractivity contribution is -0.148. The zero-order chi connectivity index (χ0) is 38.3. The first-order valence-corrected chi connectivity index (χ1v) is 18.5. The Balaban J connectivity index is 3.53. The molecule has 0 radical (unpaired) electrons. The number of amides is 2. The lowest BCUT2D eigenvalue weighted by Crippen LogP contribution is -2.24. The number of rotatable bonds is 34. The van der Waals surface area contributed by atoms with E-state index in [9.17, 15) is 39.0 Å². The van der Waals surface area contributed by atoms with Crippen molar-refractivity contribution in [2.45, 2.75) is 142 Å². The van der Waals surface area contributed by atoms with Crippen molar-refractivity contribution in [1.29, 1.82) is 0 Å². The van der Waals surface area contributed by atoms with Crippen LogP contribution in [0.15, 0.2) is 0 Å². The van der Waals surface area contributed by atoms with Gasteiger partial charge in [0.25, 0.3) is 0 Å². The molecule has 0 aliphatic carbocycles. The van der Waals surface area contributed by atoms with Crippen LogP contribution in [0.2, 0.25) is 0 Å². The van der Waals surface area contributed by atoms with Gasteiger partial charge in [0.1, 0.15) is 13.2 Å². The molecule has 0 saturated heterocycles. The van der Waals surface area contributed by atoms with Crippen LogP contribution in [0.4, 0.5) is 0 Å². The molecule has 0 bridgehead atoms. The maximum absolute atomic E-state index is 11.8. The van der Waals surface area contributed by atoms with Gasteiger partial charge in [0.05, 0.1) is 38.6 Å². The number of primary amides is 2. The van der Waals surface area contributed by atoms with Gasteiger partial charge in [-0.3, -0.25) is 28.8 Å². The second-order valence-corrected chi connectivity index (χ2v) is 13.0. The van der Waals surface area contributed by atoms with Gasteiger partial charge in [0, 0.05) is 37.5 Å². The van der Waals surface area contributed by atoms with Gasteiger partial charge < -0.3 is 45.4 Å². The Kier molecular flexibility index (Phi) is 29.4. The molecule has 0 aliphatic rings. The van der Waals surface area contributed by atoms with Crippen molar-refractivity contribution in [1.82, 2.24) is 0 Å².